The van der Waals surface area contributed by atoms with E-state index in [1.165, 1.54) is 7.11 Å². The summed E-state index contributed by atoms with van der Waals surface area (Å²) < 4.78 is 10.1. The minimum atomic E-state index is -0.385. The lowest BCUT2D eigenvalue weighted by molar-refractivity contribution is 0.0599. The molecule has 0 atom stereocenters. The summed E-state index contributed by atoms with van der Waals surface area (Å²) in [6, 6.07) is 14.5. The zero-order valence-corrected chi connectivity index (χ0v) is 15.8. The Kier molecular flexibility index (Phi) is 4.69. The van der Waals surface area contributed by atoms with Crippen LogP contribution < -0.4 is 9.64 Å². The van der Waals surface area contributed by atoms with E-state index in [-0.39, 0.29) is 11.9 Å². The molecular formula is C22H20N2O4. The van der Waals surface area contributed by atoms with E-state index in [0.717, 1.165) is 40.7 Å². The fourth-order valence-electron chi connectivity index (χ4n) is 3.62. The lowest BCUT2D eigenvalue weighted by Gasteiger charge is -2.30. The monoisotopic (exact) mass is 376 g/mol. The summed E-state index contributed by atoms with van der Waals surface area (Å²) in [6.07, 6.45) is 1.51. The van der Waals surface area contributed by atoms with Gasteiger partial charge in [0.1, 0.15) is 11.4 Å². The number of carbonyl (C=O) groups is 2. The van der Waals surface area contributed by atoms with E-state index < -0.39 is 0 Å². The van der Waals surface area contributed by atoms with E-state index >= 15 is 0 Å². The fourth-order valence-corrected chi connectivity index (χ4v) is 3.62. The summed E-state index contributed by atoms with van der Waals surface area (Å²) >= 11 is 0. The largest absolute Gasteiger partial charge is 0.497 e. The van der Waals surface area contributed by atoms with Crippen molar-refractivity contribution in [2.24, 2.45) is 0 Å². The number of aromatic nitrogens is 1. The third kappa shape index (κ3) is 3.07. The second kappa shape index (κ2) is 7.31. The molecule has 0 aliphatic carbocycles. The Hall–Kier alpha value is -3.41. The van der Waals surface area contributed by atoms with Gasteiger partial charge in [0.05, 0.1) is 25.3 Å². The van der Waals surface area contributed by atoms with Crippen molar-refractivity contribution in [2.75, 3.05) is 25.7 Å². The first-order chi connectivity index (χ1) is 13.6. The second-order valence-corrected chi connectivity index (χ2v) is 6.61. The zero-order valence-electron chi connectivity index (χ0n) is 15.8. The van der Waals surface area contributed by atoms with Crippen LogP contribution in [0.25, 0.3) is 10.9 Å². The summed E-state index contributed by atoms with van der Waals surface area (Å²) in [5, 5.41) is 0.905. The van der Waals surface area contributed by atoms with Crippen LogP contribution in [-0.4, -0.2) is 37.6 Å². The van der Waals surface area contributed by atoms with E-state index in [2.05, 4.69) is 4.98 Å². The van der Waals surface area contributed by atoms with Crippen molar-refractivity contribution in [1.82, 2.24) is 4.98 Å². The number of hydrogen-bond acceptors (Lipinski definition) is 5. The molecule has 28 heavy (non-hydrogen) atoms. The third-order valence-corrected chi connectivity index (χ3v) is 5.02. The summed E-state index contributed by atoms with van der Waals surface area (Å²) in [5.74, 6) is 0.179. The molecule has 142 valence electrons. The predicted molar refractivity (Wildman–Crippen MR) is 106 cm³/mol. The van der Waals surface area contributed by atoms with Gasteiger partial charge < -0.3 is 14.4 Å². The number of nitrogens with zero attached hydrogens (tertiary/aromatic N) is 2. The number of pyridine rings is 1. The van der Waals surface area contributed by atoms with Gasteiger partial charge in [-0.2, -0.15) is 0 Å². The molecule has 3 aromatic rings. The van der Waals surface area contributed by atoms with Crippen molar-refractivity contribution in [1.29, 1.82) is 0 Å². The molecule has 0 N–H and O–H groups in total. The van der Waals surface area contributed by atoms with Gasteiger partial charge in [-0.1, -0.05) is 12.1 Å². The van der Waals surface area contributed by atoms with Gasteiger partial charge in [-0.15, -0.1) is 0 Å². The Morgan fingerprint density at radius 1 is 1.07 bits per heavy atom. The van der Waals surface area contributed by atoms with Crippen LogP contribution in [-0.2, 0) is 11.2 Å². The molecule has 0 fully saturated rings. The van der Waals surface area contributed by atoms with E-state index in [1.54, 1.807) is 30.2 Å². The van der Waals surface area contributed by atoms with Gasteiger partial charge in [0, 0.05) is 17.6 Å². The maximum atomic E-state index is 13.2. The molecule has 0 unspecified atom stereocenters. The number of methoxy groups -OCH3 is 2. The topological polar surface area (TPSA) is 68.7 Å². The number of rotatable bonds is 3. The van der Waals surface area contributed by atoms with Crippen LogP contribution >= 0.6 is 0 Å². The predicted octanol–water partition coefficient (Wildman–Crippen LogP) is 3.62. The van der Waals surface area contributed by atoms with Crippen LogP contribution in [0, 0.1) is 0 Å². The van der Waals surface area contributed by atoms with Gasteiger partial charge in [0.25, 0.3) is 5.91 Å². The Bertz CT molecular complexity index is 1080. The van der Waals surface area contributed by atoms with Crippen molar-refractivity contribution >= 4 is 28.5 Å². The average molecular weight is 376 g/mol. The van der Waals surface area contributed by atoms with E-state index in [1.807, 2.05) is 30.3 Å². The molecule has 2 aromatic carbocycles. The number of benzene rings is 2. The highest BCUT2D eigenvalue weighted by atomic mass is 16.5. The molecule has 0 saturated heterocycles. The second-order valence-electron chi connectivity index (χ2n) is 6.61. The lowest BCUT2D eigenvalue weighted by Crippen LogP contribution is -2.36. The number of anilines is 1. The maximum absolute atomic E-state index is 13.2. The molecule has 0 spiro atoms. The van der Waals surface area contributed by atoms with Crippen LogP contribution in [0.3, 0.4) is 0 Å². The van der Waals surface area contributed by atoms with Crippen LogP contribution in [0.4, 0.5) is 5.69 Å². The summed E-state index contributed by atoms with van der Waals surface area (Å²) in [7, 11) is 2.98. The number of hydrogen-bond donors (Lipinski definition) is 0. The molecule has 0 saturated carbocycles. The van der Waals surface area contributed by atoms with Crippen LogP contribution in [0.15, 0.2) is 48.5 Å². The van der Waals surface area contributed by atoms with E-state index in [4.69, 9.17) is 9.47 Å². The molecule has 0 bridgehead atoms. The van der Waals surface area contributed by atoms with Gasteiger partial charge in [-0.05, 0) is 54.8 Å². The van der Waals surface area contributed by atoms with Gasteiger partial charge in [-0.3, -0.25) is 4.79 Å². The molecule has 6 nitrogen and oxygen atoms in total. The lowest BCUT2D eigenvalue weighted by atomic mass is 9.96. The highest BCUT2D eigenvalue weighted by molar-refractivity contribution is 6.07. The number of fused-ring (bicyclic) bond motifs is 2. The van der Waals surface area contributed by atoms with Gasteiger partial charge in [-0.25, -0.2) is 9.78 Å². The summed E-state index contributed by atoms with van der Waals surface area (Å²) in [5.41, 5.74) is 3.20. The van der Waals surface area contributed by atoms with Crippen molar-refractivity contribution in [3.8, 4) is 5.75 Å². The molecule has 0 radical (unpaired) electrons. The van der Waals surface area contributed by atoms with Gasteiger partial charge in [0.15, 0.2) is 0 Å². The standard InChI is InChI=1S/C22H20N2O4/c1-27-15-9-11-18-14(13-15)8-10-19(23-18)21(25)24-12-4-6-16-17(22(26)28-2)5-3-7-20(16)24/h3,5,7-11,13H,4,6,12H2,1-2H3. The minimum absolute atomic E-state index is 0.180. The highest BCUT2D eigenvalue weighted by Crippen LogP contribution is 2.31. The minimum Gasteiger partial charge on any atom is -0.497 e. The van der Waals surface area contributed by atoms with Crippen LogP contribution in [0.1, 0.15) is 32.8 Å². The van der Waals surface area contributed by atoms with E-state index in [9.17, 15) is 9.59 Å². The Morgan fingerprint density at radius 2 is 1.93 bits per heavy atom. The van der Waals surface area contributed by atoms with Crippen molar-refractivity contribution in [3.63, 3.8) is 0 Å². The van der Waals surface area contributed by atoms with Crippen molar-refractivity contribution in [3.05, 3.63) is 65.4 Å². The molecule has 1 aromatic heterocycles. The average Bonchev–Trinajstić information content (AvgIpc) is 2.76. The molecule has 1 aliphatic heterocycles. The highest BCUT2D eigenvalue weighted by Gasteiger charge is 2.27. The normalized spacial score (nSPS) is 13.1. The first kappa shape index (κ1) is 18.0. The first-order valence-electron chi connectivity index (χ1n) is 9.09. The molecule has 1 aliphatic rings. The zero-order chi connectivity index (χ0) is 19.7. The Balaban J connectivity index is 1.72. The van der Waals surface area contributed by atoms with Gasteiger partial charge >= 0.3 is 5.97 Å². The molecule has 1 amide bonds. The number of ether oxygens (including phenoxy) is 2. The van der Waals surface area contributed by atoms with Crippen LogP contribution in [0.5, 0.6) is 5.75 Å². The smallest absolute Gasteiger partial charge is 0.338 e. The van der Waals surface area contributed by atoms with Crippen molar-refractivity contribution < 1.29 is 19.1 Å². The van der Waals surface area contributed by atoms with Crippen molar-refractivity contribution in [2.45, 2.75) is 12.8 Å². The fraction of sp³-hybridized carbons (Fsp3) is 0.227. The Morgan fingerprint density at radius 3 is 2.71 bits per heavy atom. The first-order valence-corrected chi connectivity index (χ1v) is 9.09. The summed E-state index contributed by atoms with van der Waals surface area (Å²) in [4.78, 5) is 31.5. The quantitative estimate of drug-likeness (QED) is 0.653. The number of carbonyl (C=O) groups excluding carboxylic acids is 2. The number of esters is 1. The molecule has 6 heteroatoms. The third-order valence-electron chi connectivity index (χ3n) is 5.02. The molecule has 2 heterocycles. The van der Waals surface area contributed by atoms with Gasteiger partial charge in [0.2, 0.25) is 0 Å². The summed E-state index contributed by atoms with van der Waals surface area (Å²) in [6.45, 7) is 0.582. The van der Waals surface area contributed by atoms with Crippen LogP contribution in [0.2, 0.25) is 0 Å². The molecular weight excluding hydrogens is 356 g/mol. The van der Waals surface area contributed by atoms with E-state index in [0.29, 0.717) is 17.8 Å². The Labute approximate surface area is 162 Å². The maximum Gasteiger partial charge on any atom is 0.338 e. The number of amides is 1. The molecule has 4 rings (SSSR count). The SMILES string of the molecule is COC(=O)c1cccc2c1CCCN2C(=O)c1ccc2cc(OC)ccc2n1.